The van der Waals surface area contributed by atoms with Crippen LogP contribution in [-0.4, -0.2) is 26.0 Å². The SMILES string of the molecule is O=C1NCCc2c1cc1ccc3c(c1c2-c1ccc2c(c1)OCO2)OCO3. The zero-order valence-electron chi connectivity index (χ0n) is 14.3. The number of fused-ring (bicyclic) bond motifs is 5. The molecule has 3 aromatic carbocycles. The van der Waals surface area contributed by atoms with Gasteiger partial charge in [-0.05, 0) is 52.8 Å². The highest BCUT2D eigenvalue weighted by atomic mass is 16.7. The van der Waals surface area contributed by atoms with Crippen molar-refractivity contribution in [1.29, 1.82) is 0 Å². The average Bonchev–Trinajstić information content (AvgIpc) is 3.35. The lowest BCUT2D eigenvalue weighted by molar-refractivity contribution is 0.0946. The first-order valence-electron chi connectivity index (χ1n) is 8.86. The first-order valence-corrected chi connectivity index (χ1v) is 8.86. The van der Waals surface area contributed by atoms with Crippen molar-refractivity contribution in [3.8, 4) is 34.1 Å². The largest absolute Gasteiger partial charge is 0.454 e. The third-order valence-electron chi connectivity index (χ3n) is 5.31. The fourth-order valence-electron chi connectivity index (χ4n) is 4.12. The minimum Gasteiger partial charge on any atom is -0.454 e. The second-order valence-corrected chi connectivity index (χ2v) is 6.75. The number of carbonyl (C=O) groups is 1. The summed E-state index contributed by atoms with van der Waals surface area (Å²) in [5.74, 6) is 2.86. The highest BCUT2D eigenvalue weighted by Crippen LogP contribution is 2.48. The maximum Gasteiger partial charge on any atom is 0.251 e. The maximum atomic E-state index is 12.5. The van der Waals surface area contributed by atoms with Crippen LogP contribution in [0.15, 0.2) is 36.4 Å². The molecule has 0 radical (unpaired) electrons. The molecule has 3 aliphatic heterocycles. The second kappa shape index (κ2) is 5.30. The Morgan fingerprint density at radius 3 is 2.63 bits per heavy atom. The number of hydrogen-bond acceptors (Lipinski definition) is 5. The molecule has 0 spiro atoms. The lowest BCUT2D eigenvalue weighted by Crippen LogP contribution is -2.32. The summed E-state index contributed by atoms with van der Waals surface area (Å²) in [6, 6.07) is 11.7. The molecule has 0 aliphatic carbocycles. The number of nitrogens with one attached hydrogen (secondary N) is 1. The fraction of sp³-hybridized carbons (Fsp3) is 0.190. The molecular formula is C21H15NO5. The molecule has 0 unspecified atom stereocenters. The van der Waals surface area contributed by atoms with Gasteiger partial charge in [0.15, 0.2) is 23.0 Å². The Kier molecular flexibility index (Phi) is 2.89. The average molecular weight is 361 g/mol. The second-order valence-electron chi connectivity index (χ2n) is 6.75. The van der Waals surface area contributed by atoms with E-state index in [0.717, 1.165) is 51.1 Å². The van der Waals surface area contributed by atoms with E-state index < -0.39 is 0 Å². The molecule has 6 rings (SSSR count). The summed E-state index contributed by atoms with van der Waals surface area (Å²) in [6.07, 6.45) is 0.755. The van der Waals surface area contributed by atoms with Crippen LogP contribution in [0.3, 0.4) is 0 Å². The molecule has 0 atom stereocenters. The third kappa shape index (κ3) is 2.04. The maximum absolute atomic E-state index is 12.5. The van der Waals surface area contributed by atoms with Crippen molar-refractivity contribution >= 4 is 16.7 Å². The molecule has 0 fully saturated rings. The Balaban J connectivity index is 1.73. The normalized spacial score (nSPS) is 16.4. The van der Waals surface area contributed by atoms with Crippen LogP contribution >= 0.6 is 0 Å². The number of benzene rings is 3. The van der Waals surface area contributed by atoms with E-state index in [9.17, 15) is 4.79 Å². The minimum atomic E-state index is -0.0437. The Morgan fingerprint density at radius 1 is 0.852 bits per heavy atom. The fourth-order valence-corrected chi connectivity index (χ4v) is 4.12. The van der Waals surface area contributed by atoms with Crippen molar-refractivity contribution in [3.05, 3.63) is 47.5 Å². The first-order chi connectivity index (χ1) is 13.3. The smallest absolute Gasteiger partial charge is 0.251 e. The number of rotatable bonds is 1. The number of hydrogen-bond donors (Lipinski definition) is 1. The van der Waals surface area contributed by atoms with E-state index in [1.165, 1.54) is 0 Å². The van der Waals surface area contributed by atoms with E-state index in [0.29, 0.717) is 17.9 Å². The summed E-state index contributed by atoms with van der Waals surface area (Å²) in [5.41, 5.74) is 3.70. The highest BCUT2D eigenvalue weighted by molar-refractivity contribution is 6.10. The van der Waals surface area contributed by atoms with E-state index >= 15 is 0 Å². The Bertz CT molecular complexity index is 1140. The van der Waals surface area contributed by atoms with Gasteiger partial charge in [0.2, 0.25) is 13.6 Å². The first kappa shape index (κ1) is 14.7. The van der Waals surface area contributed by atoms with Gasteiger partial charge in [0.25, 0.3) is 5.91 Å². The molecule has 6 nitrogen and oxygen atoms in total. The minimum absolute atomic E-state index is 0.0437. The standard InChI is InChI=1S/C21H15NO5/c23-21-14-7-11-2-4-16-20(27-10-25-16)19(11)18(13(14)5-6-22-21)12-1-3-15-17(8-12)26-9-24-15/h1-4,7-8H,5-6,9-10H2,(H,22,23). The van der Waals surface area contributed by atoms with Gasteiger partial charge in [-0.15, -0.1) is 0 Å². The lowest BCUT2D eigenvalue weighted by Gasteiger charge is -2.23. The molecule has 134 valence electrons. The van der Waals surface area contributed by atoms with Gasteiger partial charge in [0.05, 0.1) is 0 Å². The topological polar surface area (TPSA) is 66.0 Å². The predicted octanol–water partition coefficient (Wildman–Crippen LogP) is 3.25. The van der Waals surface area contributed by atoms with Crippen molar-refractivity contribution in [2.24, 2.45) is 0 Å². The van der Waals surface area contributed by atoms with Crippen molar-refractivity contribution < 1.29 is 23.7 Å². The molecule has 6 heteroatoms. The van der Waals surface area contributed by atoms with Gasteiger partial charge < -0.3 is 24.3 Å². The van der Waals surface area contributed by atoms with Gasteiger partial charge in [-0.3, -0.25) is 4.79 Å². The monoisotopic (exact) mass is 361 g/mol. The van der Waals surface area contributed by atoms with E-state index in [2.05, 4.69) is 5.32 Å². The van der Waals surface area contributed by atoms with Gasteiger partial charge >= 0.3 is 0 Å². The zero-order valence-corrected chi connectivity index (χ0v) is 14.3. The summed E-state index contributed by atoms with van der Waals surface area (Å²) in [4.78, 5) is 12.5. The van der Waals surface area contributed by atoms with Crippen LogP contribution in [0.5, 0.6) is 23.0 Å². The van der Waals surface area contributed by atoms with Crippen LogP contribution < -0.4 is 24.3 Å². The van der Waals surface area contributed by atoms with Gasteiger partial charge in [-0.2, -0.15) is 0 Å². The van der Waals surface area contributed by atoms with Gasteiger partial charge in [0.1, 0.15) is 0 Å². The van der Waals surface area contributed by atoms with Crippen molar-refractivity contribution in [3.63, 3.8) is 0 Å². The molecule has 3 aliphatic rings. The molecule has 0 bridgehead atoms. The van der Waals surface area contributed by atoms with Crippen LogP contribution in [0.1, 0.15) is 15.9 Å². The van der Waals surface area contributed by atoms with Crippen LogP contribution in [-0.2, 0) is 6.42 Å². The molecule has 1 amide bonds. The quantitative estimate of drug-likeness (QED) is 0.721. The number of amides is 1. The Morgan fingerprint density at radius 2 is 1.67 bits per heavy atom. The summed E-state index contributed by atoms with van der Waals surface area (Å²) in [6.45, 7) is 1.04. The lowest BCUT2D eigenvalue weighted by atomic mass is 9.86. The third-order valence-corrected chi connectivity index (χ3v) is 5.31. The van der Waals surface area contributed by atoms with Crippen molar-refractivity contribution in [2.45, 2.75) is 6.42 Å². The predicted molar refractivity (Wildman–Crippen MR) is 97.7 cm³/mol. The van der Waals surface area contributed by atoms with E-state index in [1.54, 1.807) is 0 Å². The van der Waals surface area contributed by atoms with Gasteiger partial charge in [-0.25, -0.2) is 0 Å². The molecule has 3 heterocycles. The Hall–Kier alpha value is -3.41. The van der Waals surface area contributed by atoms with Gasteiger partial charge in [0, 0.05) is 17.5 Å². The summed E-state index contributed by atoms with van der Waals surface area (Å²) >= 11 is 0. The Labute approximate surface area is 154 Å². The number of carbonyl (C=O) groups excluding carboxylic acids is 1. The van der Waals surface area contributed by atoms with Crippen molar-refractivity contribution in [2.75, 3.05) is 20.1 Å². The van der Waals surface area contributed by atoms with Gasteiger partial charge in [-0.1, -0.05) is 12.1 Å². The highest BCUT2D eigenvalue weighted by Gasteiger charge is 2.28. The van der Waals surface area contributed by atoms with E-state index in [4.69, 9.17) is 18.9 Å². The molecule has 0 saturated carbocycles. The van der Waals surface area contributed by atoms with Crippen LogP contribution in [0, 0.1) is 0 Å². The molecule has 3 aromatic rings. The van der Waals surface area contributed by atoms with E-state index in [-0.39, 0.29) is 19.5 Å². The summed E-state index contributed by atoms with van der Waals surface area (Å²) in [7, 11) is 0. The van der Waals surface area contributed by atoms with Crippen LogP contribution in [0.25, 0.3) is 21.9 Å². The van der Waals surface area contributed by atoms with E-state index in [1.807, 2.05) is 36.4 Å². The molecule has 1 N–H and O–H groups in total. The number of ether oxygens (including phenoxy) is 4. The molecule has 0 saturated heterocycles. The van der Waals surface area contributed by atoms with Crippen LogP contribution in [0.2, 0.25) is 0 Å². The zero-order chi connectivity index (χ0) is 18.0. The molecule has 0 aromatic heterocycles. The molecule has 27 heavy (non-hydrogen) atoms. The summed E-state index contributed by atoms with van der Waals surface area (Å²) < 4.78 is 22.4. The summed E-state index contributed by atoms with van der Waals surface area (Å²) in [5, 5.41) is 4.85. The molecular weight excluding hydrogens is 346 g/mol. The van der Waals surface area contributed by atoms with Crippen molar-refractivity contribution in [1.82, 2.24) is 5.32 Å². The van der Waals surface area contributed by atoms with Crippen LogP contribution in [0.4, 0.5) is 0 Å².